The molecule has 2 heterocycles. The van der Waals surface area contributed by atoms with Crippen LogP contribution in [0.15, 0.2) is 29.1 Å². The van der Waals surface area contributed by atoms with E-state index in [1.807, 2.05) is 24.3 Å². The van der Waals surface area contributed by atoms with Gasteiger partial charge in [0.1, 0.15) is 16.4 Å². The van der Waals surface area contributed by atoms with Gasteiger partial charge >= 0.3 is 0 Å². The van der Waals surface area contributed by atoms with Crippen LogP contribution in [0.2, 0.25) is 0 Å². The number of benzene rings is 1. The fourth-order valence-electron chi connectivity index (χ4n) is 3.88. The third-order valence-corrected chi connectivity index (χ3v) is 7.60. The van der Waals surface area contributed by atoms with Crippen molar-refractivity contribution in [3.8, 4) is 5.75 Å². The summed E-state index contributed by atoms with van der Waals surface area (Å²) in [5.74, 6) is 2.38. The van der Waals surface area contributed by atoms with Crippen molar-refractivity contribution in [2.45, 2.75) is 44.3 Å². The molecule has 2 aromatic heterocycles. The standard InChI is InChI=1S/C23H27N3O3S2/c1-29-16-10-8-15(9-11-16)5-4-12-24-20(27)14-30-13-19-25-22(28)21-17-6-2-3-7-18(17)31-23(21)26-19/h8-11H,2-7,12-14H2,1H3,(H,24,27)(H,25,26,28). The molecule has 0 bridgehead atoms. The Labute approximate surface area is 189 Å². The fourth-order valence-corrected chi connectivity index (χ4v) is 5.88. The molecule has 0 radical (unpaired) electrons. The lowest BCUT2D eigenvalue weighted by Crippen LogP contribution is -2.26. The number of carbonyl (C=O) groups excluding carboxylic acids is 1. The van der Waals surface area contributed by atoms with Crippen LogP contribution in [0.5, 0.6) is 5.75 Å². The smallest absolute Gasteiger partial charge is 0.259 e. The largest absolute Gasteiger partial charge is 0.497 e. The molecule has 0 aliphatic heterocycles. The topological polar surface area (TPSA) is 84.1 Å². The monoisotopic (exact) mass is 457 g/mol. The first-order valence-electron chi connectivity index (χ1n) is 10.6. The molecule has 8 heteroatoms. The number of ether oxygens (including phenoxy) is 1. The molecule has 0 spiro atoms. The third-order valence-electron chi connectivity index (χ3n) is 5.47. The van der Waals surface area contributed by atoms with E-state index in [1.54, 1.807) is 18.4 Å². The molecule has 6 nitrogen and oxygen atoms in total. The number of aryl methyl sites for hydroxylation is 3. The minimum Gasteiger partial charge on any atom is -0.497 e. The van der Waals surface area contributed by atoms with Gasteiger partial charge in [-0.05, 0) is 61.8 Å². The van der Waals surface area contributed by atoms with Crippen molar-refractivity contribution in [1.82, 2.24) is 15.3 Å². The molecule has 31 heavy (non-hydrogen) atoms. The minimum absolute atomic E-state index is 0.00902. The van der Waals surface area contributed by atoms with Crippen molar-refractivity contribution in [3.05, 3.63) is 56.4 Å². The van der Waals surface area contributed by atoms with Crippen LogP contribution < -0.4 is 15.6 Å². The maximum atomic E-state index is 12.6. The molecule has 1 aliphatic rings. The Morgan fingerprint density at radius 1 is 1.26 bits per heavy atom. The van der Waals surface area contributed by atoms with Crippen LogP contribution in [0.4, 0.5) is 0 Å². The van der Waals surface area contributed by atoms with Gasteiger partial charge in [-0.1, -0.05) is 12.1 Å². The van der Waals surface area contributed by atoms with Gasteiger partial charge in [-0.2, -0.15) is 0 Å². The van der Waals surface area contributed by atoms with Crippen LogP contribution in [0.1, 0.15) is 41.1 Å². The summed E-state index contributed by atoms with van der Waals surface area (Å²) < 4.78 is 5.16. The zero-order valence-corrected chi connectivity index (χ0v) is 19.3. The summed E-state index contributed by atoms with van der Waals surface area (Å²) in [4.78, 5) is 34.4. The number of thiophene rings is 1. The Kier molecular flexibility index (Phi) is 7.29. The van der Waals surface area contributed by atoms with Crippen molar-refractivity contribution in [3.63, 3.8) is 0 Å². The molecule has 1 aliphatic carbocycles. The highest BCUT2D eigenvalue weighted by molar-refractivity contribution is 7.99. The first-order chi connectivity index (χ1) is 15.1. The molecular formula is C23H27N3O3S2. The summed E-state index contributed by atoms with van der Waals surface area (Å²) in [6, 6.07) is 7.99. The van der Waals surface area contributed by atoms with Gasteiger partial charge in [-0.25, -0.2) is 4.98 Å². The van der Waals surface area contributed by atoms with Crippen LogP contribution in [0.3, 0.4) is 0 Å². The number of rotatable bonds is 9. The number of thioether (sulfide) groups is 1. The van der Waals surface area contributed by atoms with Crippen molar-refractivity contribution < 1.29 is 9.53 Å². The van der Waals surface area contributed by atoms with Gasteiger partial charge in [0.05, 0.1) is 24.0 Å². The number of hydrogen-bond acceptors (Lipinski definition) is 6. The highest BCUT2D eigenvalue weighted by Crippen LogP contribution is 2.33. The molecular weight excluding hydrogens is 430 g/mol. The quantitative estimate of drug-likeness (QED) is 0.477. The van der Waals surface area contributed by atoms with Crippen LogP contribution in [-0.2, 0) is 29.8 Å². The van der Waals surface area contributed by atoms with Gasteiger partial charge in [0.2, 0.25) is 5.91 Å². The van der Waals surface area contributed by atoms with Gasteiger partial charge in [0.25, 0.3) is 5.56 Å². The number of amides is 1. The van der Waals surface area contributed by atoms with E-state index in [2.05, 4.69) is 15.3 Å². The SMILES string of the molecule is COc1ccc(CCCNC(=O)CSCc2nc3sc4c(c3c(=O)[nH]2)CCCC4)cc1. The fraction of sp³-hybridized carbons (Fsp3) is 0.435. The average Bonchev–Trinajstić information content (AvgIpc) is 3.16. The van der Waals surface area contributed by atoms with Crippen LogP contribution >= 0.6 is 23.1 Å². The molecule has 0 unspecified atom stereocenters. The normalized spacial score (nSPS) is 13.2. The maximum Gasteiger partial charge on any atom is 0.259 e. The van der Waals surface area contributed by atoms with E-state index in [9.17, 15) is 9.59 Å². The second kappa shape index (κ2) is 10.3. The van der Waals surface area contributed by atoms with Gasteiger partial charge in [0, 0.05) is 11.4 Å². The van der Waals surface area contributed by atoms with Crippen LogP contribution in [0.25, 0.3) is 10.2 Å². The van der Waals surface area contributed by atoms with Gasteiger partial charge in [-0.15, -0.1) is 23.1 Å². The second-order valence-electron chi connectivity index (χ2n) is 7.70. The molecule has 0 saturated heterocycles. The Hall–Kier alpha value is -2.32. The minimum atomic E-state index is -0.0389. The number of fused-ring (bicyclic) bond motifs is 3. The molecule has 164 valence electrons. The summed E-state index contributed by atoms with van der Waals surface area (Å²) in [7, 11) is 1.66. The zero-order chi connectivity index (χ0) is 21.6. The lowest BCUT2D eigenvalue weighted by molar-refractivity contribution is -0.118. The molecule has 4 rings (SSSR count). The van der Waals surface area contributed by atoms with Crippen molar-refractivity contribution >= 4 is 39.2 Å². The number of aromatic amines is 1. The number of nitrogens with one attached hydrogen (secondary N) is 2. The summed E-state index contributed by atoms with van der Waals surface area (Å²) in [6.07, 6.45) is 6.16. The third kappa shape index (κ3) is 5.49. The highest BCUT2D eigenvalue weighted by Gasteiger charge is 2.19. The lowest BCUT2D eigenvalue weighted by atomic mass is 9.97. The number of hydrogen-bond donors (Lipinski definition) is 2. The number of H-pyrrole nitrogens is 1. The van der Waals surface area contributed by atoms with E-state index >= 15 is 0 Å². The number of methoxy groups -OCH3 is 1. The Bertz CT molecular complexity index is 1110. The summed E-state index contributed by atoms with van der Waals surface area (Å²) in [6.45, 7) is 0.646. The molecule has 1 amide bonds. The van der Waals surface area contributed by atoms with Gasteiger partial charge in [0.15, 0.2) is 0 Å². The number of nitrogens with zero attached hydrogens (tertiary/aromatic N) is 1. The summed E-state index contributed by atoms with van der Waals surface area (Å²) in [5.41, 5.74) is 2.39. The first-order valence-corrected chi connectivity index (χ1v) is 12.6. The maximum absolute atomic E-state index is 12.6. The van der Waals surface area contributed by atoms with Crippen molar-refractivity contribution in [2.24, 2.45) is 0 Å². The lowest BCUT2D eigenvalue weighted by Gasteiger charge is -2.09. The molecule has 0 saturated carbocycles. The number of carbonyl (C=O) groups is 1. The zero-order valence-electron chi connectivity index (χ0n) is 17.7. The highest BCUT2D eigenvalue weighted by atomic mass is 32.2. The van der Waals surface area contributed by atoms with E-state index in [1.165, 1.54) is 34.2 Å². The molecule has 1 aromatic carbocycles. The molecule has 3 aromatic rings. The van der Waals surface area contributed by atoms with Crippen LogP contribution in [-0.4, -0.2) is 35.3 Å². The van der Waals surface area contributed by atoms with E-state index in [0.717, 1.165) is 48.1 Å². The Morgan fingerprint density at radius 3 is 2.87 bits per heavy atom. The number of aromatic nitrogens is 2. The van der Waals surface area contributed by atoms with Crippen LogP contribution in [0, 0.1) is 0 Å². The predicted octanol–water partition coefficient (Wildman–Crippen LogP) is 3.85. The Balaban J connectivity index is 1.21. The van der Waals surface area contributed by atoms with E-state index in [4.69, 9.17) is 4.74 Å². The predicted molar refractivity (Wildman–Crippen MR) is 127 cm³/mol. The van der Waals surface area contributed by atoms with E-state index in [-0.39, 0.29) is 11.5 Å². The van der Waals surface area contributed by atoms with E-state index < -0.39 is 0 Å². The molecule has 2 N–H and O–H groups in total. The Morgan fingerprint density at radius 2 is 2.06 bits per heavy atom. The first kappa shape index (κ1) is 21.9. The molecule has 0 fully saturated rings. The summed E-state index contributed by atoms with van der Waals surface area (Å²) in [5, 5.41) is 3.74. The van der Waals surface area contributed by atoms with E-state index in [0.29, 0.717) is 23.9 Å². The van der Waals surface area contributed by atoms with Crippen molar-refractivity contribution in [1.29, 1.82) is 0 Å². The molecule has 0 atom stereocenters. The van der Waals surface area contributed by atoms with Crippen molar-refractivity contribution in [2.75, 3.05) is 19.4 Å². The average molecular weight is 458 g/mol. The second-order valence-corrected chi connectivity index (χ2v) is 9.77. The van der Waals surface area contributed by atoms with Gasteiger partial charge < -0.3 is 15.0 Å². The summed E-state index contributed by atoms with van der Waals surface area (Å²) >= 11 is 3.13. The van der Waals surface area contributed by atoms with Gasteiger partial charge in [-0.3, -0.25) is 9.59 Å².